The molecule has 0 heterocycles. The summed E-state index contributed by atoms with van der Waals surface area (Å²) in [4.78, 5) is 34.9. The molecule has 0 radical (unpaired) electrons. The van der Waals surface area contributed by atoms with Gasteiger partial charge in [0.05, 0.1) is 51.3 Å². The van der Waals surface area contributed by atoms with Gasteiger partial charge in [-0.05, 0) is 276 Å². The lowest BCUT2D eigenvalue weighted by Gasteiger charge is -2.17. The number of carboxylic acid groups (broad SMARTS) is 1. The van der Waals surface area contributed by atoms with Crippen molar-refractivity contribution in [1.29, 1.82) is 0 Å². The number of phenolic OH excluding ortho intramolecular Hbond substituents is 3. The fraction of sp³-hybridized carbons (Fsp3) is 0.506. The number of aliphatic hydroxyl groups is 2. The van der Waals surface area contributed by atoms with Crippen molar-refractivity contribution in [3.05, 3.63) is 174 Å². The number of benzene rings is 6. The number of methoxy groups -OCH3 is 1. The van der Waals surface area contributed by atoms with Crippen LogP contribution in [0.3, 0.4) is 0 Å². The molecule has 8 N–H and O–H groups in total. The standard InChI is InChI=1S/C31H46O6.C27H38O7.C20H24O4.CH5N/c1-20(2)28-17-25(13-14-30(28)34)18-29-21(3)15-27(16-22(29)4)36-19-31(35)37-24(6)10-8-12-26(33)11-7-9-23(5)32;1-19(2)24-16-22(6-7-26(24)28)17-25-20(3)14-23(15-21(25)4)34-18-27(29)33-13-12-32-11-10-31-9-8-30-5;1-12(2)17-9-15(5-6-19(17)21)10-18-13(3)7-16(8-14(18)4)24-11-20(22)23;1-2/h13-17,20,23-24,26,32-34H,7-12,18-19H2,1-6H3;6-7,14-16,19,28H,8-13,17-18H2,1-5H3;5-9,12,21H,10-11H2,1-4H3,(H,22,23);2H2,1H3/t23-,24?,26?;;;/m1.../s1. The lowest BCUT2D eigenvalue weighted by atomic mass is 9.93. The third kappa shape index (κ3) is 31.1. The minimum Gasteiger partial charge on any atom is -0.508 e. The molecule has 0 aromatic heterocycles. The zero-order valence-corrected chi connectivity index (χ0v) is 60.6. The van der Waals surface area contributed by atoms with E-state index in [1.54, 1.807) is 32.2 Å². The van der Waals surface area contributed by atoms with E-state index in [1.807, 2.05) is 109 Å². The summed E-state index contributed by atoms with van der Waals surface area (Å²) >= 11 is 0. The number of carbonyl (C=O) groups excluding carboxylic acids is 2. The van der Waals surface area contributed by atoms with Gasteiger partial charge in [-0.25, -0.2) is 14.4 Å². The van der Waals surface area contributed by atoms with E-state index in [2.05, 4.69) is 59.4 Å². The summed E-state index contributed by atoms with van der Waals surface area (Å²) in [5, 5.41) is 58.2. The number of aliphatic hydroxyl groups excluding tert-OH is 2. The highest BCUT2D eigenvalue weighted by atomic mass is 16.6. The third-order valence-electron chi connectivity index (χ3n) is 16.3. The molecule has 536 valence electrons. The van der Waals surface area contributed by atoms with Gasteiger partial charge in [-0.15, -0.1) is 0 Å². The summed E-state index contributed by atoms with van der Waals surface area (Å²) in [5.74, 6) is 1.77. The predicted molar refractivity (Wildman–Crippen MR) is 382 cm³/mol. The van der Waals surface area contributed by atoms with Gasteiger partial charge in [-0.3, -0.25) is 0 Å². The molecular weight excluding hydrogens is 1230 g/mol. The number of carbonyl (C=O) groups is 3. The molecule has 0 fully saturated rings. The number of aryl methyl sites for hydroxylation is 6. The Labute approximate surface area is 577 Å². The zero-order valence-electron chi connectivity index (χ0n) is 60.6. The number of ether oxygens (including phenoxy) is 8. The maximum atomic E-state index is 12.3. The molecular formula is C79H113NO17. The van der Waals surface area contributed by atoms with E-state index in [1.165, 1.54) is 23.7 Å². The van der Waals surface area contributed by atoms with Crippen LogP contribution in [0.15, 0.2) is 91.0 Å². The molecule has 0 amide bonds. The highest BCUT2D eigenvalue weighted by molar-refractivity contribution is 5.72. The Hall–Kier alpha value is -7.71. The normalized spacial score (nSPS) is 11.9. The number of hydrogen-bond acceptors (Lipinski definition) is 17. The van der Waals surface area contributed by atoms with Crippen LogP contribution in [0.2, 0.25) is 0 Å². The van der Waals surface area contributed by atoms with E-state index < -0.39 is 17.9 Å². The topological polar surface area (TPSA) is 272 Å². The molecule has 0 aliphatic carbocycles. The first-order chi connectivity index (χ1) is 46.0. The maximum absolute atomic E-state index is 12.3. The van der Waals surface area contributed by atoms with Crippen molar-refractivity contribution >= 4 is 17.9 Å². The molecule has 0 aliphatic heterocycles. The minimum absolute atomic E-state index is 0.153. The zero-order chi connectivity index (χ0) is 72.3. The van der Waals surface area contributed by atoms with Crippen molar-refractivity contribution in [1.82, 2.24) is 0 Å². The van der Waals surface area contributed by atoms with Gasteiger partial charge < -0.3 is 74.3 Å². The number of rotatable bonds is 36. The van der Waals surface area contributed by atoms with E-state index in [9.17, 15) is 39.9 Å². The second kappa shape index (κ2) is 44.3. The lowest BCUT2D eigenvalue weighted by molar-refractivity contribution is -0.151. The molecule has 0 spiro atoms. The van der Waals surface area contributed by atoms with Crippen LogP contribution in [0.1, 0.15) is 195 Å². The van der Waals surface area contributed by atoms with Crippen LogP contribution in [0.25, 0.3) is 0 Å². The average molecular weight is 1350 g/mol. The Morgan fingerprint density at radius 2 is 0.763 bits per heavy atom. The van der Waals surface area contributed by atoms with Crippen LogP contribution in [-0.2, 0) is 57.3 Å². The van der Waals surface area contributed by atoms with Crippen LogP contribution < -0.4 is 19.9 Å². The molecule has 0 bridgehead atoms. The molecule has 6 aromatic rings. The Bertz CT molecular complexity index is 3290. The smallest absolute Gasteiger partial charge is 0.344 e. The minimum atomic E-state index is -0.986. The lowest BCUT2D eigenvalue weighted by Crippen LogP contribution is -2.21. The number of hydrogen-bond donors (Lipinski definition) is 7. The summed E-state index contributed by atoms with van der Waals surface area (Å²) in [6.07, 6.45) is 5.61. The molecule has 18 heteroatoms. The number of carboxylic acids is 1. The maximum Gasteiger partial charge on any atom is 0.344 e. The van der Waals surface area contributed by atoms with E-state index in [0.29, 0.717) is 93.2 Å². The first kappa shape index (κ1) is 83.5. The monoisotopic (exact) mass is 1350 g/mol. The molecule has 0 aliphatic rings. The van der Waals surface area contributed by atoms with Crippen molar-refractivity contribution in [2.24, 2.45) is 5.73 Å². The van der Waals surface area contributed by atoms with Crippen LogP contribution in [0.5, 0.6) is 34.5 Å². The summed E-state index contributed by atoms with van der Waals surface area (Å²) in [6, 6.07) is 28.8. The second-order valence-corrected chi connectivity index (χ2v) is 25.6. The molecule has 18 nitrogen and oxygen atoms in total. The van der Waals surface area contributed by atoms with Gasteiger partial charge in [0.25, 0.3) is 0 Å². The summed E-state index contributed by atoms with van der Waals surface area (Å²) < 4.78 is 42.8. The number of nitrogens with two attached hydrogens (primary N) is 1. The van der Waals surface area contributed by atoms with E-state index in [0.717, 1.165) is 98.9 Å². The van der Waals surface area contributed by atoms with Gasteiger partial charge in [-0.1, -0.05) is 77.9 Å². The first-order valence-corrected chi connectivity index (χ1v) is 33.8. The Morgan fingerprint density at radius 3 is 1.10 bits per heavy atom. The van der Waals surface area contributed by atoms with Gasteiger partial charge in [-0.2, -0.15) is 0 Å². The highest BCUT2D eigenvalue weighted by Crippen LogP contribution is 2.33. The molecule has 0 saturated heterocycles. The van der Waals surface area contributed by atoms with Gasteiger partial charge in [0, 0.05) is 7.11 Å². The summed E-state index contributed by atoms with van der Waals surface area (Å²) in [7, 11) is 3.12. The van der Waals surface area contributed by atoms with Gasteiger partial charge in [0.2, 0.25) is 0 Å². The molecule has 2 unspecified atom stereocenters. The average Bonchev–Trinajstić information content (AvgIpc) is 0.840. The molecule has 6 aromatic carbocycles. The SMILES string of the molecule is CN.COCCOCCOCCOC(=O)COc1cc(C)c(Cc2ccc(O)c(C(C)C)c2)c(C)c1.Cc1cc(OCC(=O)O)cc(C)c1Cc1ccc(O)c(C(C)C)c1.Cc1cc(OCC(=O)OC(C)CCCC(O)CCC[C@@H](C)O)cc(C)c1Cc1ccc(O)c(C(C)C)c1. The number of phenols is 3. The van der Waals surface area contributed by atoms with Crippen LogP contribution in [0, 0.1) is 41.5 Å². The van der Waals surface area contributed by atoms with Crippen molar-refractivity contribution in [3.63, 3.8) is 0 Å². The third-order valence-corrected chi connectivity index (χ3v) is 16.3. The largest absolute Gasteiger partial charge is 0.508 e. The van der Waals surface area contributed by atoms with Crippen molar-refractivity contribution in [2.45, 2.75) is 191 Å². The molecule has 0 saturated carbocycles. The Balaban J connectivity index is 0.000000382. The van der Waals surface area contributed by atoms with Crippen molar-refractivity contribution < 1.29 is 82.9 Å². The summed E-state index contributed by atoms with van der Waals surface area (Å²) in [5.41, 5.74) is 20.9. The number of esters is 2. The molecule has 97 heavy (non-hydrogen) atoms. The number of aliphatic carboxylic acids is 1. The van der Waals surface area contributed by atoms with Gasteiger partial charge in [0.1, 0.15) is 41.1 Å². The highest BCUT2D eigenvalue weighted by Gasteiger charge is 2.18. The summed E-state index contributed by atoms with van der Waals surface area (Å²) in [6.45, 7) is 30.0. The molecule has 3 atom stereocenters. The Morgan fingerprint density at radius 1 is 0.433 bits per heavy atom. The van der Waals surface area contributed by atoms with Crippen molar-refractivity contribution in [2.75, 3.05) is 73.6 Å². The van der Waals surface area contributed by atoms with Crippen LogP contribution in [0.4, 0.5) is 0 Å². The fourth-order valence-corrected chi connectivity index (χ4v) is 11.0. The first-order valence-electron chi connectivity index (χ1n) is 33.8. The number of aromatic hydroxyl groups is 3. The fourth-order valence-electron chi connectivity index (χ4n) is 11.0. The predicted octanol–water partition coefficient (Wildman–Crippen LogP) is 14.2. The quantitative estimate of drug-likeness (QED) is 0.0142. The second-order valence-electron chi connectivity index (χ2n) is 25.6. The van der Waals surface area contributed by atoms with Gasteiger partial charge >= 0.3 is 17.9 Å². The van der Waals surface area contributed by atoms with Crippen molar-refractivity contribution in [3.8, 4) is 34.5 Å². The van der Waals surface area contributed by atoms with E-state index in [-0.39, 0.29) is 62.5 Å². The van der Waals surface area contributed by atoms with E-state index in [4.69, 9.17) is 43.0 Å². The van der Waals surface area contributed by atoms with Gasteiger partial charge in [0.15, 0.2) is 19.8 Å². The Kier molecular flexibility index (Phi) is 38.1. The van der Waals surface area contributed by atoms with E-state index >= 15 is 0 Å². The molecule has 6 rings (SSSR count). The van der Waals surface area contributed by atoms with Crippen LogP contribution >= 0.6 is 0 Å². The van der Waals surface area contributed by atoms with Crippen LogP contribution in [-0.4, -0.2) is 140 Å².